The van der Waals surface area contributed by atoms with E-state index in [1.54, 1.807) is 36.4 Å². The summed E-state index contributed by atoms with van der Waals surface area (Å²) in [7, 11) is 0. The maximum absolute atomic E-state index is 12.4. The number of phenolic OH excluding ortho intramolecular Hbond substituents is 1. The van der Waals surface area contributed by atoms with Gasteiger partial charge in [-0.3, -0.25) is 4.79 Å². The van der Waals surface area contributed by atoms with Crippen LogP contribution in [0.5, 0.6) is 11.5 Å². The van der Waals surface area contributed by atoms with Crippen molar-refractivity contribution in [3.05, 3.63) is 59.7 Å². The van der Waals surface area contributed by atoms with E-state index in [9.17, 15) is 9.90 Å². The van der Waals surface area contributed by atoms with Crippen molar-refractivity contribution in [2.24, 2.45) is 11.8 Å². The molecule has 0 aliphatic rings. The van der Waals surface area contributed by atoms with Gasteiger partial charge < -0.3 is 9.84 Å². The Balaban J connectivity index is 1.98. The normalized spacial score (nSPS) is 13.3. The molecule has 0 radical (unpaired) electrons. The molecule has 0 spiro atoms. The third kappa shape index (κ3) is 4.60. The second kappa shape index (κ2) is 8.53. The van der Waals surface area contributed by atoms with Crippen LogP contribution >= 0.6 is 0 Å². The van der Waals surface area contributed by atoms with Crippen LogP contribution in [0.2, 0.25) is 0 Å². The fourth-order valence-corrected chi connectivity index (χ4v) is 2.59. The van der Waals surface area contributed by atoms with Gasteiger partial charge in [0.15, 0.2) is 5.78 Å². The van der Waals surface area contributed by atoms with E-state index < -0.39 is 0 Å². The van der Waals surface area contributed by atoms with Crippen molar-refractivity contribution >= 4 is 5.78 Å². The molecule has 2 unspecified atom stereocenters. The smallest absolute Gasteiger partial charge is 0.196 e. The summed E-state index contributed by atoms with van der Waals surface area (Å²) in [6.07, 6.45) is 2.14. The number of aromatic hydroxyl groups is 1. The number of ketones is 1. The molecule has 128 valence electrons. The molecule has 2 atom stereocenters. The van der Waals surface area contributed by atoms with E-state index in [0.717, 1.165) is 12.8 Å². The van der Waals surface area contributed by atoms with Crippen LogP contribution < -0.4 is 4.74 Å². The van der Waals surface area contributed by atoms with Gasteiger partial charge in [0.2, 0.25) is 0 Å². The number of phenols is 1. The third-order valence-electron chi connectivity index (χ3n) is 4.71. The lowest BCUT2D eigenvalue weighted by molar-refractivity contribution is 0.103. The molecule has 0 aliphatic carbocycles. The van der Waals surface area contributed by atoms with Crippen LogP contribution in [-0.2, 0) is 0 Å². The molecule has 1 N–H and O–H groups in total. The Hall–Kier alpha value is -2.29. The molecule has 2 aromatic rings. The highest BCUT2D eigenvalue weighted by Crippen LogP contribution is 2.26. The highest BCUT2D eigenvalue weighted by molar-refractivity contribution is 6.10. The minimum absolute atomic E-state index is 0.0451. The molecule has 0 heterocycles. The summed E-state index contributed by atoms with van der Waals surface area (Å²) in [4.78, 5) is 12.4. The van der Waals surface area contributed by atoms with Crippen molar-refractivity contribution in [3.8, 4) is 11.5 Å². The molecule has 0 saturated carbocycles. The molecule has 0 fully saturated rings. The lowest BCUT2D eigenvalue weighted by Gasteiger charge is -2.18. The predicted molar refractivity (Wildman–Crippen MR) is 96.7 cm³/mol. The number of benzene rings is 2. The molecule has 0 amide bonds. The number of carbonyl (C=O) groups is 1. The highest BCUT2D eigenvalue weighted by atomic mass is 16.5. The summed E-state index contributed by atoms with van der Waals surface area (Å²) in [6, 6.07) is 13.8. The van der Waals surface area contributed by atoms with Gasteiger partial charge in [-0.2, -0.15) is 0 Å². The average Bonchev–Trinajstić information content (AvgIpc) is 2.61. The second-order valence-electron chi connectivity index (χ2n) is 6.37. The molecule has 24 heavy (non-hydrogen) atoms. The van der Waals surface area contributed by atoms with Crippen molar-refractivity contribution in [2.75, 3.05) is 6.61 Å². The Labute approximate surface area is 144 Å². The molecular formula is C21H26O3. The molecule has 0 bridgehead atoms. The number of ether oxygens (including phenoxy) is 1. The van der Waals surface area contributed by atoms with Gasteiger partial charge >= 0.3 is 0 Å². The fourth-order valence-electron chi connectivity index (χ4n) is 2.59. The zero-order valence-electron chi connectivity index (χ0n) is 14.7. The fraction of sp³-hybridized carbons (Fsp3) is 0.381. The minimum Gasteiger partial charge on any atom is -0.507 e. The molecular weight excluding hydrogens is 300 g/mol. The van der Waals surface area contributed by atoms with Crippen LogP contribution in [0.3, 0.4) is 0 Å². The average molecular weight is 326 g/mol. The summed E-state index contributed by atoms with van der Waals surface area (Å²) in [5.41, 5.74) is 0.852. The van der Waals surface area contributed by atoms with E-state index >= 15 is 0 Å². The van der Waals surface area contributed by atoms with E-state index in [1.165, 1.54) is 6.07 Å². The van der Waals surface area contributed by atoms with E-state index in [1.807, 2.05) is 6.07 Å². The van der Waals surface area contributed by atoms with Gasteiger partial charge in [-0.15, -0.1) is 0 Å². The van der Waals surface area contributed by atoms with Crippen LogP contribution in [0.1, 0.15) is 49.5 Å². The Morgan fingerprint density at radius 2 is 1.79 bits per heavy atom. The van der Waals surface area contributed by atoms with Crippen LogP contribution in [0.15, 0.2) is 48.5 Å². The summed E-state index contributed by atoms with van der Waals surface area (Å²) >= 11 is 0. The second-order valence-corrected chi connectivity index (χ2v) is 6.37. The van der Waals surface area contributed by atoms with E-state index in [2.05, 4.69) is 20.8 Å². The van der Waals surface area contributed by atoms with Crippen molar-refractivity contribution in [2.45, 2.75) is 33.6 Å². The Morgan fingerprint density at radius 1 is 1.08 bits per heavy atom. The summed E-state index contributed by atoms with van der Waals surface area (Å²) in [5, 5.41) is 10.2. The Kier molecular flexibility index (Phi) is 6.42. The first-order valence-electron chi connectivity index (χ1n) is 8.58. The zero-order chi connectivity index (χ0) is 17.5. The highest BCUT2D eigenvalue weighted by Gasteiger charge is 2.14. The Bertz CT molecular complexity index is 664. The molecule has 0 aliphatic heterocycles. The number of rotatable bonds is 8. The van der Waals surface area contributed by atoms with Gasteiger partial charge in [0, 0.05) is 11.6 Å². The molecule has 3 nitrogen and oxygen atoms in total. The van der Waals surface area contributed by atoms with Crippen molar-refractivity contribution < 1.29 is 14.6 Å². The standard InChI is InChI=1S/C21H26O3/c1-4-15(2)16(3)12-13-24-18-10-11-19(20(22)14-18)21(23)17-8-6-5-7-9-17/h5-11,14-16,22H,4,12-13H2,1-3H3. The first-order chi connectivity index (χ1) is 11.5. The first-order valence-corrected chi connectivity index (χ1v) is 8.58. The van der Waals surface area contributed by atoms with Crippen molar-refractivity contribution in [1.82, 2.24) is 0 Å². The monoisotopic (exact) mass is 326 g/mol. The lowest BCUT2D eigenvalue weighted by Crippen LogP contribution is -2.11. The summed E-state index contributed by atoms with van der Waals surface area (Å²) in [6.45, 7) is 7.29. The maximum atomic E-state index is 12.4. The van der Waals surface area contributed by atoms with Gasteiger partial charge in [-0.25, -0.2) is 0 Å². The SMILES string of the molecule is CCC(C)C(C)CCOc1ccc(C(=O)c2ccccc2)c(O)c1. The van der Waals surface area contributed by atoms with Gasteiger partial charge in [0.1, 0.15) is 11.5 Å². The van der Waals surface area contributed by atoms with Gasteiger partial charge in [0.05, 0.1) is 12.2 Å². The van der Waals surface area contributed by atoms with Crippen molar-refractivity contribution in [1.29, 1.82) is 0 Å². The maximum Gasteiger partial charge on any atom is 0.196 e. The van der Waals surface area contributed by atoms with Crippen LogP contribution in [0.25, 0.3) is 0 Å². The predicted octanol–water partition coefficient (Wildman–Crippen LogP) is 5.07. The Morgan fingerprint density at radius 3 is 2.42 bits per heavy atom. The quantitative estimate of drug-likeness (QED) is 0.689. The van der Waals surface area contributed by atoms with Crippen molar-refractivity contribution in [3.63, 3.8) is 0 Å². The van der Waals surface area contributed by atoms with Crippen LogP contribution in [0, 0.1) is 11.8 Å². The molecule has 0 saturated heterocycles. The topological polar surface area (TPSA) is 46.5 Å². The van der Waals surface area contributed by atoms with E-state index in [-0.39, 0.29) is 11.5 Å². The lowest BCUT2D eigenvalue weighted by atomic mass is 9.91. The van der Waals surface area contributed by atoms with Gasteiger partial charge in [-0.05, 0) is 30.4 Å². The van der Waals surface area contributed by atoms with E-state index in [4.69, 9.17) is 4.74 Å². The largest absolute Gasteiger partial charge is 0.507 e. The van der Waals surface area contributed by atoms with Gasteiger partial charge in [-0.1, -0.05) is 57.5 Å². The summed E-state index contributed by atoms with van der Waals surface area (Å²) in [5.74, 6) is 1.63. The van der Waals surface area contributed by atoms with Gasteiger partial charge in [0.25, 0.3) is 0 Å². The van der Waals surface area contributed by atoms with E-state index in [0.29, 0.717) is 35.3 Å². The molecule has 0 aromatic heterocycles. The first kappa shape index (κ1) is 18.1. The number of hydrogen-bond donors (Lipinski definition) is 1. The number of hydrogen-bond acceptors (Lipinski definition) is 3. The molecule has 2 aromatic carbocycles. The molecule has 2 rings (SSSR count). The third-order valence-corrected chi connectivity index (χ3v) is 4.71. The zero-order valence-corrected chi connectivity index (χ0v) is 14.7. The van der Waals surface area contributed by atoms with Crippen LogP contribution in [-0.4, -0.2) is 17.5 Å². The van der Waals surface area contributed by atoms with Crippen LogP contribution in [0.4, 0.5) is 0 Å². The summed E-state index contributed by atoms with van der Waals surface area (Å²) < 4.78 is 5.72. The minimum atomic E-state index is -0.190. The number of carbonyl (C=O) groups excluding carboxylic acids is 1. The molecule has 3 heteroatoms.